The van der Waals surface area contributed by atoms with Gasteiger partial charge in [-0.25, -0.2) is 0 Å². The Balaban J connectivity index is 1.96. The van der Waals surface area contributed by atoms with Crippen LogP contribution in [0.2, 0.25) is 0 Å². The topological polar surface area (TPSA) is 17.3 Å². The maximum absolute atomic E-state index is 4.83. The Morgan fingerprint density at radius 3 is 2.30 bits per heavy atom. The Labute approximate surface area is 154 Å². The minimum absolute atomic E-state index is 1.09. The summed E-state index contributed by atoms with van der Waals surface area (Å²) in [6, 6.07) is 26.3. The smallest absolute Gasteiger partial charge is 0.0808 e. The van der Waals surface area contributed by atoms with Crippen LogP contribution in [-0.2, 0) is 0 Å². The molecule has 0 bridgehead atoms. The van der Waals surface area contributed by atoms with E-state index in [4.69, 9.17) is 4.98 Å². The lowest BCUT2D eigenvalue weighted by atomic mass is 9.95. The molecule has 7 rings (SSSR count). The lowest BCUT2D eigenvalue weighted by Gasteiger charge is -2.12. The summed E-state index contributed by atoms with van der Waals surface area (Å²) in [7, 11) is 0. The fraction of sp³-hybridized carbons (Fsp3) is 0. The molecule has 3 aromatic heterocycles. The molecule has 0 N–H and O–H groups in total. The summed E-state index contributed by atoms with van der Waals surface area (Å²) in [5.41, 5.74) is 3.62. The van der Waals surface area contributed by atoms with Gasteiger partial charge in [0.25, 0.3) is 0 Å². The molecule has 0 atom stereocenters. The molecule has 3 heterocycles. The number of pyridine rings is 2. The molecular weight excluding hydrogens is 328 g/mol. The van der Waals surface area contributed by atoms with Gasteiger partial charge in [0.1, 0.15) is 0 Å². The van der Waals surface area contributed by atoms with Gasteiger partial charge in [-0.3, -0.25) is 4.98 Å². The number of benzene rings is 4. The molecule has 27 heavy (non-hydrogen) atoms. The molecule has 0 saturated carbocycles. The Morgan fingerprint density at radius 2 is 1.41 bits per heavy atom. The quantitative estimate of drug-likeness (QED) is 0.226. The fourth-order valence-electron chi connectivity index (χ4n) is 4.80. The normalized spacial score (nSPS) is 12.4. The first-order chi connectivity index (χ1) is 13.4. The van der Waals surface area contributed by atoms with Gasteiger partial charge in [-0.1, -0.05) is 42.5 Å². The number of rotatable bonds is 0. The number of hydrogen-bond donors (Lipinski definition) is 0. The molecule has 0 spiro atoms. The first-order valence-corrected chi connectivity index (χ1v) is 9.24. The van der Waals surface area contributed by atoms with Gasteiger partial charge in [0.2, 0.25) is 0 Å². The summed E-state index contributed by atoms with van der Waals surface area (Å²) in [6.07, 6.45) is 4.13. The Kier molecular flexibility index (Phi) is 2.28. The number of fused-ring (bicyclic) bond motifs is 7. The fourth-order valence-corrected chi connectivity index (χ4v) is 4.80. The van der Waals surface area contributed by atoms with Gasteiger partial charge >= 0.3 is 0 Å². The molecule has 2 heteroatoms. The zero-order valence-electron chi connectivity index (χ0n) is 14.5. The number of hydrogen-bond acceptors (Lipinski definition) is 1. The molecule has 124 valence electrons. The maximum atomic E-state index is 4.83. The highest BCUT2D eigenvalue weighted by atomic mass is 14.9. The van der Waals surface area contributed by atoms with Gasteiger partial charge in [0.15, 0.2) is 0 Å². The molecule has 7 aromatic rings. The minimum atomic E-state index is 1.09. The van der Waals surface area contributed by atoms with Crippen molar-refractivity contribution in [2.24, 2.45) is 0 Å². The van der Waals surface area contributed by atoms with E-state index >= 15 is 0 Å². The SMILES string of the molecule is c1ccc2cc3c(cc2c1)c1nccc2ccn4c5ccccc5c3c4c21. The molecule has 4 aromatic carbocycles. The predicted octanol–water partition coefficient (Wildman–Crippen LogP) is 6.54. The average Bonchev–Trinajstić information content (AvgIpc) is 3.07. The van der Waals surface area contributed by atoms with Crippen molar-refractivity contribution in [3.63, 3.8) is 0 Å². The zero-order chi connectivity index (χ0) is 17.5. The first-order valence-electron chi connectivity index (χ1n) is 9.24. The molecule has 0 aliphatic rings. The summed E-state index contributed by atoms with van der Waals surface area (Å²) < 4.78 is 2.33. The molecular formula is C25H14N2. The van der Waals surface area contributed by atoms with Crippen LogP contribution in [0.25, 0.3) is 59.6 Å². The first kappa shape index (κ1) is 13.5. The Bertz CT molecular complexity index is 1670. The van der Waals surface area contributed by atoms with E-state index in [0.717, 1.165) is 5.52 Å². The van der Waals surface area contributed by atoms with E-state index in [0.29, 0.717) is 0 Å². The van der Waals surface area contributed by atoms with Gasteiger partial charge in [-0.2, -0.15) is 0 Å². The van der Waals surface area contributed by atoms with Crippen molar-refractivity contribution in [3.8, 4) is 0 Å². The molecule has 0 radical (unpaired) electrons. The largest absolute Gasteiger partial charge is 0.315 e. The van der Waals surface area contributed by atoms with Crippen molar-refractivity contribution in [2.75, 3.05) is 0 Å². The van der Waals surface area contributed by atoms with Crippen LogP contribution in [0.5, 0.6) is 0 Å². The van der Waals surface area contributed by atoms with Gasteiger partial charge in [0.05, 0.1) is 16.6 Å². The molecule has 0 amide bonds. The summed E-state index contributed by atoms with van der Waals surface area (Å²) in [5, 5.41) is 10.2. The summed E-state index contributed by atoms with van der Waals surface area (Å²) in [6.45, 7) is 0. The predicted molar refractivity (Wildman–Crippen MR) is 114 cm³/mol. The van der Waals surface area contributed by atoms with Crippen LogP contribution >= 0.6 is 0 Å². The highest BCUT2D eigenvalue weighted by Crippen LogP contribution is 2.42. The van der Waals surface area contributed by atoms with E-state index in [9.17, 15) is 0 Å². The third kappa shape index (κ3) is 1.55. The van der Waals surface area contributed by atoms with E-state index in [1.807, 2.05) is 6.20 Å². The molecule has 0 aliphatic heterocycles. The second-order valence-electron chi connectivity index (χ2n) is 7.30. The van der Waals surface area contributed by atoms with Crippen LogP contribution < -0.4 is 0 Å². The average molecular weight is 342 g/mol. The number of nitrogens with zero attached hydrogens (tertiary/aromatic N) is 2. The third-order valence-corrected chi connectivity index (χ3v) is 5.94. The van der Waals surface area contributed by atoms with Gasteiger partial charge in [-0.05, 0) is 51.9 Å². The maximum Gasteiger partial charge on any atom is 0.0808 e. The highest BCUT2D eigenvalue weighted by Gasteiger charge is 2.19. The van der Waals surface area contributed by atoms with E-state index in [1.165, 1.54) is 54.1 Å². The lowest BCUT2D eigenvalue weighted by molar-refractivity contribution is 1.27. The second-order valence-corrected chi connectivity index (χ2v) is 7.30. The van der Waals surface area contributed by atoms with Gasteiger partial charge in [-0.15, -0.1) is 0 Å². The highest BCUT2D eigenvalue weighted by molar-refractivity contribution is 6.34. The molecule has 2 nitrogen and oxygen atoms in total. The molecule has 0 fully saturated rings. The Hall–Kier alpha value is -3.65. The van der Waals surface area contributed by atoms with E-state index in [2.05, 4.69) is 83.4 Å². The number of para-hydroxylation sites is 1. The summed E-state index contributed by atoms with van der Waals surface area (Å²) in [5.74, 6) is 0. The van der Waals surface area contributed by atoms with Crippen LogP contribution in [0.1, 0.15) is 0 Å². The second kappa shape index (κ2) is 4.54. The van der Waals surface area contributed by atoms with Crippen molar-refractivity contribution in [3.05, 3.63) is 85.2 Å². The van der Waals surface area contributed by atoms with E-state index < -0.39 is 0 Å². The van der Waals surface area contributed by atoms with Crippen LogP contribution in [0, 0.1) is 0 Å². The van der Waals surface area contributed by atoms with Crippen LogP contribution in [0.15, 0.2) is 85.2 Å². The van der Waals surface area contributed by atoms with Crippen molar-refractivity contribution < 1.29 is 0 Å². The standard InChI is InChI=1S/C25H14N2/c1-2-6-17-14-20-19(13-16(17)5-1)23-18-7-3-4-8-21(18)27-12-10-15-9-11-26-24(20)22(15)25(23)27/h1-14H. The lowest BCUT2D eigenvalue weighted by Crippen LogP contribution is -1.91. The van der Waals surface area contributed by atoms with Crippen LogP contribution in [-0.4, -0.2) is 9.38 Å². The monoisotopic (exact) mass is 342 g/mol. The molecule has 0 unspecified atom stereocenters. The minimum Gasteiger partial charge on any atom is -0.315 e. The van der Waals surface area contributed by atoms with Crippen molar-refractivity contribution in [1.82, 2.24) is 9.38 Å². The van der Waals surface area contributed by atoms with E-state index in [1.54, 1.807) is 0 Å². The van der Waals surface area contributed by atoms with Crippen molar-refractivity contribution in [1.29, 1.82) is 0 Å². The van der Waals surface area contributed by atoms with Gasteiger partial charge < -0.3 is 4.40 Å². The van der Waals surface area contributed by atoms with Crippen molar-refractivity contribution in [2.45, 2.75) is 0 Å². The Morgan fingerprint density at radius 1 is 0.630 bits per heavy atom. The molecule has 0 aliphatic carbocycles. The van der Waals surface area contributed by atoms with Crippen LogP contribution in [0.3, 0.4) is 0 Å². The van der Waals surface area contributed by atoms with Crippen LogP contribution in [0.4, 0.5) is 0 Å². The zero-order valence-corrected chi connectivity index (χ0v) is 14.5. The van der Waals surface area contributed by atoms with Crippen molar-refractivity contribution >= 4 is 59.6 Å². The summed E-state index contributed by atoms with van der Waals surface area (Å²) >= 11 is 0. The third-order valence-electron chi connectivity index (χ3n) is 5.94. The molecule has 0 saturated heterocycles. The van der Waals surface area contributed by atoms with Gasteiger partial charge in [0, 0.05) is 33.9 Å². The van der Waals surface area contributed by atoms with E-state index in [-0.39, 0.29) is 0 Å². The number of aromatic nitrogens is 2. The summed E-state index contributed by atoms with van der Waals surface area (Å²) in [4.78, 5) is 4.83.